The lowest BCUT2D eigenvalue weighted by Crippen LogP contribution is -2.13. The van der Waals surface area contributed by atoms with Gasteiger partial charge in [-0.3, -0.25) is 4.79 Å². The summed E-state index contributed by atoms with van der Waals surface area (Å²) in [6.07, 6.45) is 0.435. The van der Waals surface area contributed by atoms with Crippen LogP contribution in [0.25, 0.3) is 0 Å². The molecule has 0 radical (unpaired) electrons. The SMILES string of the molecule is CNC(C)c1cc(Br)ccc1SCCC(=O)OC. The molecule has 0 amide bonds. The van der Waals surface area contributed by atoms with Gasteiger partial charge in [-0.2, -0.15) is 0 Å². The highest BCUT2D eigenvalue weighted by Crippen LogP contribution is 2.30. The first-order valence-electron chi connectivity index (χ1n) is 5.74. The van der Waals surface area contributed by atoms with Crippen molar-refractivity contribution in [1.29, 1.82) is 0 Å². The highest BCUT2D eigenvalue weighted by Gasteiger charge is 2.10. The molecule has 0 saturated carbocycles. The van der Waals surface area contributed by atoms with E-state index in [9.17, 15) is 4.79 Å². The maximum absolute atomic E-state index is 11.1. The van der Waals surface area contributed by atoms with Crippen molar-refractivity contribution >= 4 is 33.7 Å². The van der Waals surface area contributed by atoms with E-state index in [-0.39, 0.29) is 12.0 Å². The zero-order chi connectivity index (χ0) is 13.5. The molecule has 0 fully saturated rings. The second-order valence-electron chi connectivity index (χ2n) is 3.87. The molecule has 0 aromatic heterocycles. The maximum Gasteiger partial charge on any atom is 0.306 e. The number of esters is 1. The third-order valence-corrected chi connectivity index (χ3v) is 4.25. The lowest BCUT2D eigenvalue weighted by Gasteiger charge is -2.16. The third kappa shape index (κ3) is 4.63. The molecule has 0 saturated heterocycles. The fourth-order valence-corrected chi connectivity index (χ4v) is 2.93. The summed E-state index contributed by atoms with van der Waals surface area (Å²) in [6, 6.07) is 6.49. The van der Waals surface area contributed by atoms with E-state index in [2.05, 4.69) is 45.0 Å². The van der Waals surface area contributed by atoms with Crippen LogP contribution in [0.5, 0.6) is 0 Å². The molecule has 0 aliphatic heterocycles. The van der Waals surface area contributed by atoms with Gasteiger partial charge < -0.3 is 10.1 Å². The van der Waals surface area contributed by atoms with Gasteiger partial charge in [0.15, 0.2) is 0 Å². The Bertz CT molecular complexity index is 412. The predicted molar refractivity (Wildman–Crippen MR) is 79.0 cm³/mol. The van der Waals surface area contributed by atoms with Gasteiger partial charge in [-0.15, -0.1) is 11.8 Å². The molecule has 1 rings (SSSR count). The number of methoxy groups -OCH3 is 1. The van der Waals surface area contributed by atoms with Crippen LogP contribution in [0, 0.1) is 0 Å². The number of benzene rings is 1. The van der Waals surface area contributed by atoms with E-state index in [4.69, 9.17) is 0 Å². The van der Waals surface area contributed by atoms with E-state index in [1.165, 1.54) is 17.6 Å². The lowest BCUT2D eigenvalue weighted by molar-refractivity contribution is -0.140. The van der Waals surface area contributed by atoms with Gasteiger partial charge in [0.25, 0.3) is 0 Å². The summed E-state index contributed by atoms with van der Waals surface area (Å²) in [5.41, 5.74) is 1.24. The second kappa shape index (κ2) is 7.81. The predicted octanol–water partition coefficient (Wildman–Crippen LogP) is 3.38. The number of rotatable bonds is 6. The highest BCUT2D eigenvalue weighted by atomic mass is 79.9. The standard InChI is InChI=1S/C13H18BrNO2S/c1-9(15-2)11-8-10(14)4-5-12(11)18-7-6-13(16)17-3/h4-5,8-9,15H,6-7H2,1-3H3. The largest absolute Gasteiger partial charge is 0.469 e. The molecule has 1 aromatic rings. The van der Waals surface area contributed by atoms with Gasteiger partial charge in [-0.1, -0.05) is 15.9 Å². The Balaban J connectivity index is 2.72. The van der Waals surface area contributed by atoms with Crippen molar-refractivity contribution in [2.24, 2.45) is 0 Å². The van der Waals surface area contributed by atoms with Crippen molar-refractivity contribution in [3.05, 3.63) is 28.2 Å². The van der Waals surface area contributed by atoms with Crippen LogP contribution in [-0.4, -0.2) is 25.9 Å². The smallest absolute Gasteiger partial charge is 0.306 e. The topological polar surface area (TPSA) is 38.3 Å². The molecule has 0 bridgehead atoms. The number of halogens is 1. The fraction of sp³-hybridized carbons (Fsp3) is 0.462. The molecule has 1 N–H and O–H groups in total. The number of carbonyl (C=O) groups excluding carboxylic acids is 1. The summed E-state index contributed by atoms with van der Waals surface area (Å²) in [5, 5.41) is 3.23. The van der Waals surface area contributed by atoms with Crippen LogP contribution >= 0.6 is 27.7 Å². The molecule has 18 heavy (non-hydrogen) atoms. The first-order valence-corrected chi connectivity index (χ1v) is 7.52. The van der Waals surface area contributed by atoms with Crippen molar-refractivity contribution in [3.63, 3.8) is 0 Å². The second-order valence-corrected chi connectivity index (χ2v) is 5.92. The van der Waals surface area contributed by atoms with Gasteiger partial charge in [0.05, 0.1) is 13.5 Å². The third-order valence-electron chi connectivity index (χ3n) is 2.66. The van der Waals surface area contributed by atoms with Crippen LogP contribution in [-0.2, 0) is 9.53 Å². The zero-order valence-electron chi connectivity index (χ0n) is 10.8. The average Bonchev–Trinajstić information content (AvgIpc) is 2.39. The van der Waals surface area contributed by atoms with Crippen LogP contribution in [0.3, 0.4) is 0 Å². The van der Waals surface area contributed by atoms with Gasteiger partial charge in [-0.05, 0) is 37.7 Å². The molecule has 3 nitrogen and oxygen atoms in total. The van der Waals surface area contributed by atoms with E-state index in [0.717, 1.165) is 10.2 Å². The Morgan fingerprint density at radius 3 is 2.89 bits per heavy atom. The zero-order valence-corrected chi connectivity index (χ0v) is 13.2. The molecule has 0 spiro atoms. The molecule has 1 unspecified atom stereocenters. The summed E-state index contributed by atoms with van der Waals surface area (Å²) in [5.74, 6) is 0.570. The van der Waals surface area contributed by atoms with E-state index in [0.29, 0.717) is 6.42 Å². The van der Waals surface area contributed by atoms with Crippen LogP contribution in [0.15, 0.2) is 27.6 Å². The summed E-state index contributed by atoms with van der Waals surface area (Å²) in [4.78, 5) is 12.3. The minimum absolute atomic E-state index is 0.164. The van der Waals surface area contributed by atoms with Gasteiger partial charge >= 0.3 is 5.97 Å². The molecular weight excluding hydrogens is 314 g/mol. The molecule has 1 aromatic carbocycles. The van der Waals surface area contributed by atoms with Crippen molar-refractivity contribution in [2.45, 2.75) is 24.3 Å². The Morgan fingerprint density at radius 2 is 2.28 bits per heavy atom. The maximum atomic E-state index is 11.1. The van der Waals surface area contributed by atoms with Gasteiger partial charge in [0.1, 0.15) is 0 Å². The molecule has 0 aliphatic carbocycles. The number of hydrogen-bond acceptors (Lipinski definition) is 4. The molecule has 1 atom stereocenters. The van der Waals surface area contributed by atoms with Crippen LogP contribution in [0.4, 0.5) is 0 Å². The Morgan fingerprint density at radius 1 is 1.56 bits per heavy atom. The number of nitrogens with one attached hydrogen (secondary N) is 1. The van der Waals surface area contributed by atoms with Crippen LogP contribution < -0.4 is 5.32 Å². The van der Waals surface area contributed by atoms with Crippen molar-refractivity contribution in [2.75, 3.05) is 19.9 Å². The van der Waals surface area contributed by atoms with E-state index in [1.807, 2.05) is 13.1 Å². The number of carbonyl (C=O) groups is 1. The van der Waals surface area contributed by atoms with Crippen molar-refractivity contribution in [3.8, 4) is 0 Å². The average molecular weight is 332 g/mol. The number of ether oxygens (including phenoxy) is 1. The van der Waals surface area contributed by atoms with Crippen LogP contribution in [0.2, 0.25) is 0 Å². The molecule has 100 valence electrons. The fourth-order valence-electron chi connectivity index (χ4n) is 1.49. The Labute approximate surface area is 121 Å². The number of hydrogen-bond donors (Lipinski definition) is 1. The van der Waals surface area contributed by atoms with Gasteiger partial charge in [-0.25, -0.2) is 0 Å². The minimum atomic E-state index is -0.164. The monoisotopic (exact) mass is 331 g/mol. The van der Waals surface area contributed by atoms with Crippen LogP contribution in [0.1, 0.15) is 24.9 Å². The van der Waals surface area contributed by atoms with E-state index < -0.39 is 0 Å². The summed E-state index contributed by atoms with van der Waals surface area (Å²) < 4.78 is 5.70. The van der Waals surface area contributed by atoms with E-state index in [1.54, 1.807) is 11.8 Å². The van der Waals surface area contributed by atoms with Gasteiger partial charge in [0.2, 0.25) is 0 Å². The summed E-state index contributed by atoms with van der Waals surface area (Å²) in [7, 11) is 3.36. The highest BCUT2D eigenvalue weighted by molar-refractivity contribution is 9.10. The van der Waals surface area contributed by atoms with Crippen molar-refractivity contribution < 1.29 is 9.53 Å². The van der Waals surface area contributed by atoms with Gasteiger partial charge in [0, 0.05) is 21.2 Å². The quantitative estimate of drug-likeness (QED) is 0.640. The molecule has 0 heterocycles. The summed E-state index contributed by atoms with van der Waals surface area (Å²) >= 11 is 5.17. The first-order chi connectivity index (χ1) is 8.58. The molecule has 0 aliphatic rings. The normalized spacial score (nSPS) is 12.2. The Hall–Kier alpha value is -0.520. The number of thioether (sulfide) groups is 1. The summed E-state index contributed by atoms with van der Waals surface area (Å²) in [6.45, 7) is 2.12. The lowest BCUT2D eigenvalue weighted by atomic mass is 10.1. The van der Waals surface area contributed by atoms with E-state index >= 15 is 0 Å². The minimum Gasteiger partial charge on any atom is -0.469 e. The molecular formula is C13H18BrNO2S. The Kier molecular flexibility index (Phi) is 6.75. The first kappa shape index (κ1) is 15.5. The molecule has 5 heteroatoms. The van der Waals surface area contributed by atoms with Crippen molar-refractivity contribution in [1.82, 2.24) is 5.32 Å².